The number of amides is 2. The molecule has 1 saturated carbocycles. The molecule has 1 aliphatic carbocycles. The van der Waals surface area contributed by atoms with Crippen LogP contribution in [0.2, 0.25) is 0 Å². The van der Waals surface area contributed by atoms with E-state index in [4.69, 9.17) is 4.74 Å². The number of carbonyl (C=O) groups excluding carboxylic acids is 3. The molecule has 1 aromatic rings. The third-order valence-corrected chi connectivity index (χ3v) is 4.49. The molecule has 0 spiro atoms. The van der Waals surface area contributed by atoms with E-state index in [2.05, 4.69) is 15.4 Å². The van der Waals surface area contributed by atoms with Crippen molar-refractivity contribution in [2.75, 3.05) is 19.7 Å². The van der Waals surface area contributed by atoms with Crippen molar-refractivity contribution in [3.8, 4) is 5.75 Å². The Labute approximate surface area is 159 Å². The van der Waals surface area contributed by atoms with Crippen LogP contribution in [0.5, 0.6) is 5.75 Å². The molecule has 0 radical (unpaired) electrons. The van der Waals surface area contributed by atoms with Crippen LogP contribution in [0.25, 0.3) is 0 Å². The van der Waals surface area contributed by atoms with Crippen LogP contribution in [0, 0.1) is 5.92 Å². The normalized spacial score (nSPS) is 13.8. The lowest BCUT2D eigenvalue weighted by atomic mass is 10.0. The zero-order chi connectivity index (χ0) is 19.5. The zero-order valence-corrected chi connectivity index (χ0v) is 15.8. The molecular formula is C20H28N2O5. The number of rotatable bonds is 9. The van der Waals surface area contributed by atoms with Crippen LogP contribution >= 0.6 is 0 Å². The molecule has 7 heteroatoms. The maximum Gasteiger partial charge on any atom is 0.513 e. The highest BCUT2D eigenvalue weighted by molar-refractivity contribution is 5.94. The summed E-state index contributed by atoms with van der Waals surface area (Å²) in [4.78, 5) is 35.1. The Morgan fingerprint density at radius 1 is 1.04 bits per heavy atom. The molecule has 1 aliphatic rings. The highest BCUT2D eigenvalue weighted by atomic mass is 16.7. The first kappa shape index (κ1) is 20.7. The van der Waals surface area contributed by atoms with E-state index in [0.29, 0.717) is 43.2 Å². The third kappa shape index (κ3) is 7.68. The Morgan fingerprint density at radius 3 is 2.37 bits per heavy atom. The standard InChI is InChI=1S/C20H28N2O5/c1-2-26-20(25)27-17-10-8-16(9-11-17)19(24)22-13-5-12-21-18(23)14-15-6-3-4-7-15/h8-11,15H,2-7,12-14H2,1H3,(H,21,23)(H,22,24). The van der Waals surface area contributed by atoms with E-state index in [-0.39, 0.29) is 18.4 Å². The lowest BCUT2D eigenvalue weighted by molar-refractivity contribution is -0.121. The highest BCUT2D eigenvalue weighted by Crippen LogP contribution is 2.27. The fourth-order valence-corrected chi connectivity index (χ4v) is 3.09. The van der Waals surface area contributed by atoms with Crippen LogP contribution in [0.15, 0.2) is 24.3 Å². The number of ether oxygens (including phenoxy) is 2. The maximum absolute atomic E-state index is 12.1. The summed E-state index contributed by atoms with van der Waals surface area (Å²) in [5.74, 6) is 0.746. The van der Waals surface area contributed by atoms with E-state index >= 15 is 0 Å². The van der Waals surface area contributed by atoms with Gasteiger partial charge < -0.3 is 20.1 Å². The minimum absolute atomic E-state index is 0.102. The van der Waals surface area contributed by atoms with Crippen molar-refractivity contribution in [3.05, 3.63) is 29.8 Å². The summed E-state index contributed by atoms with van der Waals surface area (Å²) in [5.41, 5.74) is 0.469. The fraction of sp³-hybridized carbons (Fsp3) is 0.550. The molecule has 2 amide bonds. The summed E-state index contributed by atoms with van der Waals surface area (Å²) in [5, 5.41) is 5.71. The van der Waals surface area contributed by atoms with Crippen molar-refractivity contribution in [2.24, 2.45) is 5.92 Å². The van der Waals surface area contributed by atoms with E-state index in [9.17, 15) is 14.4 Å². The van der Waals surface area contributed by atoms with Crippen LogP contribution in [-0.2, 0) is 9.53 Å². The maximum atomic E-state index is 12.1. The Hall–Kier alpha value is -2.57. The number of hydrogen-bond acceptors (Lipinski definition) is 5. The molecule has 2 N–H and O–H groups in total. The van der Waals surface area contributed by atoms with Gasteiger partial charge in [0.1, 0.15) is 5.75 Å². The average molecular weight is 376 g/mol. The number of benzene rings is 1. The van der Waals surface area contributed by atoms with Gasteiger partial charge in [-0.05, 0) is 56.4 Å². The Kier molecular flexibility index (Phi) is 8.61. The SMILES string of the molecule is CCOC(=O)Oc1ccc(C(=O)NCCCNC(=O)CC2CCCC2)cc1. The first-order valence-corrected chi connectivity index (χ1v) is 9.58. The smallest absolute Gasteiger partial charge is 0.434 e. The minimum atomic E-state index is -0.773. The molecule has 2 rings (SSSR count). The van der Waals surface area contributed by atoms with E-state index in [1.165, 1.54) is 25.0 Å². The second-order valence-corrected chi connectivity index (χ2v) is 6.62. The van der Waals surface area contributed by atoms with Crippen LogP contribution in [0.4, 0.5) is 4.79 Å². The molecule has 7 nitrogen and oxygen atoms in total. The van der Waals surface area contributed by atoms with Crippen molar-refractivity contribution in [3.63, 3.8) is 0 Å². The van der Waals surface area contributed by atoms with Crippen molar-refractivity contribution < 1.29 is 23.9 Å². The van der Waals surface area contributed by atoms with Gasteiger partial charge in [0.15, 0.2) is 0 Å². The summed E-state index contributed by atoms with van der Waals surface area (Å²) in [6.45, 7) is 2.96. The van der Waals surface area contributed by atoms with Crippen molar-refractivity contribution in [1.82, 2.24) is 10.6 Å². The second-order valence-electron chi connectivity index (χ2n) is 6.62. The first-order valence-electron chi connectivity index (χ1n) is 9.58. The van der Waals surface area contributed by atoms with Gasteiger partial charge in [0, 0.05) is 25.1 Å². The number of carbonyl (C=O) groups is 3. The monoisotopic (exact) mass is 376 g/mol. The van der Waals surface area contributed by atoms with Gasteiger partial charge in [-0.2, -0.15) is 0 Å². The minimum Gasteiger partial charge on any atom is -0.434 e. The summed E-state index contributed by atoms with van der Waals surface area (Å²) < 4.78 is 9.62. The molecule has 0 heterocycles. The van der Waals surface area contributed by atoms with Gasteiger partial charge >= 0.3 is 6.16 Å². The fourth-order valence-electron chi connectivity index (χ4n) is 3.09. The van der Waals surface area contributed by atoms with Crippen molar-refractivity contribution >= 4 is 18.0 Å². The van der Waals surface area contributed by atoms with E-state index in [0.717, 1.165) is 12.8 Å². The predicted octanol–water partition coefficient (Wildman–Crippen LogP) is 3.04. The van der Waals surface area contributed by atoms with Crippen molar-refractivity contribution in [2.45, 2.75) is 45.4 Å². The predicted molar refractivity (Wildman–Crippen MR) is 101 cm³/mol. The molecule has 0 unspecified atom stereocenters. The van der Waals surface area contributed by atoms with Gasteiger partial charge in [-0.3, -0.25) is 9.59 Å². The van der Waals surface area contributed by atoms with Crippen LogP contribution < -0.4 is 15.4 Å². The van der Waals surface area contributed by atoms with E-state index < -0.39 is 6.16 Å². The summed E-state index contributed by atoms with van der Waals surface area (Å²) >= 11 is 0. The highest BCUT2D eigenvalue weighted by Gasteiger charge is 2.17. The second kappa shape index (κ2) is 11.2. The van der Waals surface area contributed by atoms with E-state index in [1.54, 1.807) is 19.1 Å². The molecule has 1 aromatic carbocycles. The molecule has 0 aromatic heterocycles. The Bertz CT molecular complexity index is 624. The molecule has 27 heavy (non-hydrogen) atoms. The van der Waals surface area contributed by atoms with Gasteiger partial charge in [-0.25, -0.2) is 4.79 Å². The van der Waals surface area contributed by atoms with Gasteiger partial charge in [0.2, 0.25) is 5.91 Å². The Morgan fingerprint density at radius 2 is 1.70 bits per heavy atom. The largest absolute Gasteiger partial charge is 0.513 e. The van der Waals surface area contributed by atoms with Gasteiger partial charge in [-0.1, -0.05) is 12.8 Å². The molecular weight excluding hydrogens is 348 g/mol. The van der Waals surface area contributed by atoms with Gasteiger partial charge in [0.25, 0.3) is 5.91 Å². The molecule has 0 aliphatic heterocycles. The first-order chi connectivity index (χ1) is 13.1. The van der Waals surface area contributed by atoms with Crippen LogP contribution in [-0.4, -0.2) is 37.7 Å². The van der Waals surface area contributed by atoms with Gasteiger partial charge in [-0.15, -0.1) is 0 Å². The molecule has 148 valence electrons. The lowest BCUT2D eigenvalue weighted by Crippen LogP contribution is -2.30. The third-order valence-electron chi connectivity index (χ3n) is 4.49. The van der Waals surface area contributed by atoms with Crippen LogP contribution in [0.3, 0.4) is 0 Å². The lowest BCUT2D eigenvalue weighted by Gasteiger charge is -2.10. The summed E-state index contributed by atoms with van der Waals surface area (Å²) in [6, 6.07) is 6.23. The zero-order valence-electron chi connectivity index (χ0n) is 15.8. The van der Waals surface area contributed by atoms with E-state index in [1.807, 2.05) is 0 Å². The topological polar surface area (TPSA) is 93.7 Å². The molecule has 1 fully saturated rings. The molecule has 0 bridgehead atoms. The van der Waals surface area contributed by atoms with Crippen molar-refractivity contribution in [1.29, 1.82) is 0 Å². The Balaban J connectivity index is 1.60. The number of hydrogen-bond donors (Lipinski definition) is 2. The van der Waals surface area contributed by atoms with Gasteiger partial charge in [0.05, 0.1) is 6.61 Å². The molecule has 0 atom stereocenters. The van der Waals surface area contributed by atoms with Crippen LogP contribution in [0.1, 0.15) is 55.8 Å². The number of nitrogens with one attached hydrogen (secondary N) is 2. The molecule has 0 saturated heterocycles. The average Bonchev–Trinajstić information content (AvgIpc) is 3.15. The summed E-state index contributed by atoms with van der Waals surface area (Å²) in [7, 11) is 0. The summed E-state index contributed by atoms with van der Waals surface area (Å²) in [6.07, 6.45) is 5.31. The quantitative estimate of drug-likeness (QED) is 0.392.